The van der Waals surface area contributed by atoms with E-state index < -0.39 is 5.51 Å². The fourth-order valence-corrected chi connectivity index (χ4v) is 1.98. The van der Waals surface area contributed by atoms with Gasteiger partial charge in [0.15, 0.2) is 0 Å². The topological polar surface area (TPSA) is 29.9 Å². The van der Waals surface area contributed by atoms with Gasteiger partial charge in [0.2, 0.25) is 0 Å². The summed E-state index contributed by atoms with van der Waals surface area (Å²) in [6, 6.07) is 0. The van der Waals surface area contributed by atoms with Gasteiger partial charge in [-0.1, -0.05) is 6.92 Å². The van der Waals surface area contributed by atoms with E-state index in [1.165, 1.54) is 0 Å². The summed E-state index contributed by atoms with van der Waals surface area (Å²) in [5, 5.41) is 3.25. The van der Waals surface area contributed by atoms with Gasteiger partial charge in [0.1, 0.15) is 0 Å². The first kappa shape index (κ1) is 15.4. The van der Waals surface area contributed by atoms with Crippen molar-refractivity contribution in [3.63, 3.8) is 0 Å². The number of imidazole rings is 1. The standard InChI is InChI=1S/C11H18F3N3S/c1-2-4-15-5-3-10-8-17(9-16-10)6-7-18-11(12,13)14/h8-9,15H,2-7H2,1H3. The first-order valence-corrected chi connectivity index (χ1v) is 6.92. The van der Waals surface area contributed by atoms with Crippen molar-refractivity contribution in [2.75, 3.05) is 18.8 Å². The SMILES string of the molecule is CCCNCCc1cn(CCSC(F)(F)F)cn1. The molecule has 0 saturated carbocycles. The highest BCUT2D eigenvalue weighted by Gasteiger charge is 2.27. The van der Waals surface area contributed by atoms with Gasteiger partial charge in [-0.3, -0.25) is 0 Å². The molecule has 0 radical (unpaired) electrons. The van der Waals surface area contributed by atoms with Gasteiger partial charge in [-0.15, -0.1) is 0 Å². The molecule has 0 aromatic carbocycles. The Morgan fingerprint density at radius 3 is 2.83 bits per heavy atom. The molecule has 104 valence electrons. The van der Waals surface area contributed by atoms with E-state index in [4.69, 9.17) is 0 Å². The third-order valence-electron chi connectivity index (χ3n) is 2.29. The first-order valence-electron chi connectivity index (χ1n) is 5.93. The Morgan fingerprint density at radius 1 is 1.39 bits per heavy atom. The van der Waals surface area contributed by atoms with E-state index in [-0.39, 0.29) is 17.5 Å². The Labute approximate surface area is 109 Å². The van der Waals surface area contributed by atoms with Gasteiger partial charge in [0.05, 0.1) is 12.0 Å². The number of aryl methyl sites for hydroxylation is 1. The average Bonchev–Trinajstić information content (AvgIpc) is 2.71. The van der Waals surface area contributed by atoms with Crippen molar-refractivity contribution >= 4 is 11.8 Å². The number of rotatable bonds is 8. The van der Waals surface area contributed by atoms with E-state index >= 15 is 0 Å². The molecule has 1 rings (SSSR count). The molecule has 1 aromatic rings. The lowest BCUT2D eigenvalue weighted by molar-refractivity contribution is -0.0328. The summed E-state index contributed by atoms with van der Waals surface area (Å²) in [5.74, 6) is 0.0212. The second kappa shape index (κ2) is 7.68. The molecule has 0 aliphatic heterocycles. The van der Waals surface area contributed by atoms with E-state index in [0.29, 0.717) is 6.54 Å². The second-order valence-electron chi connectivity index (χ2n) is 3.90. The van der Waals surface area contributed by atoms with Crippen molar-refractivity contribution in [3.8, 4) is 0 Å². The molecule has 0 aliphatic carbocycles. The highest BCUT2D eigenvalue weighted by molar-refractivity contribution is 8.00. The largest absolute Gasteiger partial charge is 0.441 e. The van der Waals surface area contributed by atoms with Crippen LogP contribution in [0.1, 0.15) is 19.0 Å². The van der Waals surface area contributed by atoms with Crippen LogP contribution in [-0.4, -0.2) is 33.9 Å². The monoisotopic (exact) mass is 281 g/mol. The van der Waals surface area contributed by atoms with Gasteiger partial charge in [0.25, 0.3) is 0 Å². The minimum Gasteiger partial charge on any atom is -0.336 e. The van der Waals surface area contributed by atoms with Crippen LogP contribution >= 0.6 is 11.8 Å². The minimum atomic E-state index is -4.15. The summed E-state index contributed by atoms with van der Waals surface area (Å²) < 4.78 is 37.5. The predicted molar refractivity (Wildman–Crippen MR) is 67.6 cm³/mol. The van der Waals surface area contributed by atoms with Gasteiger partial charge in [-0.2, -0.15) is 13.2 Å². The zero-order valence-electron chi connectivity index (χ0n) is 10.3. The van der Waals surface area contributed by atoms with Gasteiger partial charge < -0.3 is 9.88 Å². The van der Waals surface area contributed by atoms with Gasteiger partial charge >= 0.3 is 5.51 Å². The summed E-state index contributed by atoms with van der Waals surface area (Å²) in [6.07, 6.45) is 5.29. The van der Waals surface area contributed by atoms with Crippen LogP contribution in [0.15, 0.2) is 12.5 Å². The van der Waals surface area contributed by atoms with E-state index in [0.717, 1.165) is 31.6 Å². The molecule has 0 atom stereocenters. The zero-order chi connectivity index (χ0) is 13.4. The van der Waals surface area contributed by atoms with Crippen molar-refractivity contribution < 1.29 is 13.2 Å². The summed E-state index contributed by atoms with van der Waals surface area (Å²) >= 11 is 0.00117. The summed E-state index contributed by atoms with van der Waals surface area (Å²) in [6.45, 7) is 4.25. The molecular formula is C11H18F3N3S. The molecule has 0 unspecified atom stereocenters. The number of aromatic nitrogens is 2. The molecule has 3 nitrogen and oxygen atoms in total. The number of halogens is 3. The van der Waals surface area contributed by atoms with Crippen molar-refractivity contribution in [2.45, 2.75) is 31.8 Å². The Balaban J connectivity index is 2.21. The number of nitrogens with one attached hydrogen (secondary N) is 1. The number of hydrogen-bond acceptors (Lipinski definition) is 3. The van der Waals surface area contributed by atoms with Crippen LogP contribution in [0, 0.1) is 0 Å². The van der Waals surface area contributed by atoms with Gasteiger partial charge in [-0.05, 0) is 24.7 Å². The maximum Gasteiger partial charge on any atom is 0.441 e. The first-order chi connectivity index (χ1) is 8.51. The van der Waals surface area contributed by atoms with Gasteiger partial charge in [0, 0.05) is 31.5 Å². The van der Waals surface area contributed by atoms with Crippen LogP contribution in [0.4, 0.5) is 13.2 Å². The van der Waals surface area contributed by atoms with Crippen LogP contribution in [0.5, 0.6) is 0 Å². The molecule has 18 heavy (non-hydrogen) atoms. The van der Waals surface area contributed by atoms with Crippen molar-refractivity contribution in [1.82, 2.24) is 14.9 Å². The van der Waals surface area contributed by atoms with Crippen molar-refractivity contribution in [1.29, 1.82) is 0 Å². The molecule has 1 heterocycles. The van der Waals surface area contributed by atoms with Crippen LogP contribution in [0.25, 0.3) is 0 Å². The lowest BCUT2D eigenvalue weighted by Gasteiger charge is -2.05. The molecule has 0 bridgehead atoms. The van der Waals surface area contributed by atoms with Crippen LogP contribution < -0.4 is 5.32 Å². The molecule has 7 heteroatoms. The number of alkyl halides is 3. The lowest BCUT2D eigenvalue weighted by Crippen LogP contribution is -2.17. The van der Waals surface area contributed by atoms with Gasteiger partial charge in [-0.25, -0.2) is 4.98 Å². The fourth-order valence-electron chi connectivity index (χ4n) is 1.44. The lowest BCUT2D eigenvalue weighted by atomic mass is 10.3. The Hall–Kier alpha value is -0.690. The maximum atomic E-state index is 11.9. The number of thioether (sulfide) groups is 1. The van der Waals surface area contributed by atoms with E-state index in [9.17, 15) is 13.2 Å². The van der Waals surface area contributed by atoms with E-state index in [2.05, 4.69) is 17.2 Å². The summed E-state index contributed by atoms with van der Waals surface area (Å²) in [5.41, 5.74) is -3.23. The van der Waals surface area contributed by atoms with E-state index in [1.54, 1.807) is 10.9 Å². The van der Waals surface area contributed by atoms with Crippen LogP contribution in [0.3, 0.4) is 0 Å². The predicted octanol–water partition coefficient (Wildman–Crippen LogP) is 2.68. The molecule has 1 N–H and O–H groups in total. The molecular weight excluding hydrogens is 263 g/mol. The molecule has 0 saturated heterocycles. The van der Waals surface area contributed by atoms with Crippen LogP contribution in [-0.2, 0) is 13.0 Å². The smallest absolute Gasteiger partial charge is 0.336 e. The summed E-state index contributed by atoms with van der Waals surface area (Å²) in [4.78, 5) is 4.16. The fraction of sp³-hybridized carbons (Fsp3) is 0.727. The highest BCUT2D eigenvalue weighted by Crippen LogP contribution is 2.29. The molecule has 0 aliphatic rings. The molecule has 0 amide bonds. The van der Waals surface area contributed by atoms with Crippen LogP contribution in [0.2, 0.25) is 0 Å². The summed E-state index contributed by atoms with van der Waals surface area (Å²) in [7, 11) is 0. The quantitative estimate of drug-likeness (QED) is 0.743. The third-order valence-corrected chi connectivity index (χ3v) is 3.00. The normalized spacial score (nSPS) is 12.0. The Kier molecular flexibility index (Phi) is 6.56. The van der Waals surface area contributed by atoms with Crippen molar-refractivity contribution in [2.24, 2.45) is 0 Å². The van der Waals surface area contributed by atoms with E-state index in [1.807, 2.05) is 6.20 Å². The maximum absolute atomic E-state index is 11.9. The third kappa shape index (κ3) is 6.90. The highest BCUT2D eigenvalue weighted by atomic mass is 32.2. The average molecular weight is 281 g/mol. The second-order valence-corrected chi connectivity index (χ2v) is 5.06. The number of nitrogens with zero attached hydrogens (tertiary/aromatic N) is 2. The Bertz CT molecular complexity index is 339. The van der Waals surface area contributed by atoms with Crippen molar-refractivity contribution in [3.05, 3.63) is 18.2 Å². The zero-order valence-corrected chi connectivity index (χ0v) is 11.2. The Morgan fingerprint density at radius 2 is 2.17 bits per heavy atom. The molecule has 0 spiro atoms. The molecule has 0 fully saturated rings. The number of hydrogen-bond donors (Lipinski definition) is 1. The molecule has 1 aromatic heterocycles. The minimum absolute atomic E-state index is 0.00117.